The highest BCUT2D eigenvalue weighted by molar-refractivity contribution is 7.89. The topological polar surface area (TPSA) is 72.2 Å². The predicted molar refractivity (Wildman–Crippen MR) is 83.0 cm³/mol. The molecule has 0 heterocycles. The molecule has 5 heteroatoms. The summed E-state index contributed by atoms with van der Waals surface area (Å²) >= 11 is 0. The van der Waals surface area contributed by atoms with Crippen LogP contribution >= 0.6 is 0 Å². The zero-order chi connectivity index (χ0) is 15.2. The van der Waals surface area contributed by atoms with Crippen molar-refractivity contribution in [2.45, 2.75) is 63.9 Å². The number of rotatable bonds is 8. The van der Waals surface area contributed by atoms with E-state index in [1.54, 1.807) is 6.07 Å². The van der Waals surface area contributed by atoms with E-state index in [0.717, 1.165) is 30.4 Å². The molecule has 0 aromatic heterocycles. The van der Waals surface area contributed by atoms with Gasteiger partial charge >= 0.3 is 0 Å². The molecule has 0 bridgehead atoms. The van der Waals surface area contributed by atoms with Crippen molar-refractivity contribution in [1.82, 2.24) is 4.72 Å². The van der Waals surface area contributed by atoms with E-state index in [1.165, 1.54) is 0 Å². The lowest BCUT2D eigenvalue weighted by Crippen LogP contribution is -2.34. The third-order valence-corrected chi connectivity index (χ3v) is 5.09. The van der Waals surface area contributed by atoms with Gasteiger partial charge in [-0.3, -0.25) is 0 Å². The van der Waals surface area contributed by atoms with E-state index in [4.69, 9.17) is 5.73 Å². The van der Waals surface area contributed by atoms with Crippen molar-refractivity contribution < 1.29 is 8.42 Å². The van der Waals surface area contributed by atoms with Crippen molar-refractivity contribution >= 4 is 10.0 Å². The average Bonchev–Trinajstić information content (AvgIpc) is 2.45. The van der Waals surface area contributed by atoms with Gasteiger partial charge < -0.3 is 5.73 Å². The highest BCUT2D eigenvalue weighted by atomic mass is 32.2. The van der Waals surface area contributed by atoms with E-state index in [0.29, 0.717) is 17.9 Å². The zero-order valence-electron chi connectivity index (χ0n) is 12.6. The summed E-state index contributed by atoms with van der Waals surface area (Å²) < 4.78 is 28.0. The molecule has 1 rings (SSSR count). The number of nitrogens with two attached hydrogens (primary N) is 1. The Morgan fingerprint density at radius 1 is 1.25 bits per heavy atom. The summed E-state index contributed by atoms with van der Waals surface area (Å²) in [5, 5.41) is 0. The minimum atomic E-state index is -3.47. The Kier molecular flexibility index (Phi) is 6.65. The van der Waals surface area contributed by atoms with Crippen LogP contribution in [-0.4, -0.2) is 14.5 Å². The summed E-state index contributed by atoms with van der Waals surface area (Å²) in [6.07, 6.45) is 3.30. The minimum absolute atomic E-state index is 0.00348. The van der Waals surface area contributed by atoms with Crippen molar-refractivity contribution in [2.24, 2.45) is 5.73 Å². The van der Waals surface area contributed by atoms with Crippen LogP contribution in [0, 0.1) is 0 Å². The van der Waals surface area contributed by atoms with Crippen LogP contribution in [0.2, 0.25) is 0 Å². The maximum Gasteiger partial charge on any atom is 0.241 e. The molecule has 1 unspecified atom stereocenters. The number of nitrogens with one attached hydrogen (secondary N) is 1. The van der Waals surface area contributed by atoms with Gasteiger partial charge in [0.2, 0.25) is 10.0 Å². The molecule has 4 nitrogen and oxygen atoms in total. The molecule has 114 valence electrons. The summed E-state index contributed by atoms with van der Waals surface area (Å²) in [6, 6.07) is 5.44. The van der Waals surface area contributed by atoms with Crippen LogP contribution < -0.4 is 10.5 Å². The van der Waals surface area contributed by atoms with Crippen molar-refractivity contribution in [3.8, 4) is 0 Å². The van der Waals surface area contributed by atoms with Gasteiger partial charge in [-0.25, -0.2) is 13.1 Å². The van der Waals surface area contributed by atoms with E-state index in [1.807, 2.05) is 26.0 Å². The van der Waals surface area contributed by atoms with Gasteiger partial charge in [0.05, 0.1) is 4.90 Å². The fraction of sp³-hybridized carbons (Fsp3) is 0.600. The minimum Gasteiger partial charge on any atom is -0.326 e. The maximum atomic E-state index is 12.6. The first-order valence-corrected chi connectivity index (χ1v) is 8.80. The van der Waals surface area contributed by atoms with Crippen LogP contribution in [0.4, 0.5) is 0 Å². The van der Waals surface area contributed by atoms with Gasteiger partial charge in [-0.15, -0.1) is 0 Å². The number of hydrogen-bond donors (Lipinski definition) is 2. The Balaban J connectivity index is 3.13. The molecule has 20 heavy (non-hydrogen) atoms. The smallest absolute Gasteiger partial charge is 0.241 e. The number of aryl methyl sites for hydroxylation is 1. The van der Waals surface area contributed by atoms with E-state index in [2.05, 4.69) is 11.6 Å². The monoisotopic (exact) mass is 298 g/mol. The lowest BCUT2D eigenvalue weighted by Gasteiger charge is -2.18. The van der Waals surface area contributed by atoms with Crippen LogP contribution in [0.15, 0.2) is 23.1 Å². The maximum absolute atomic E-state index is 12.6. The van der Waals surface area contributed by atoms with Crippen LogP contribution in [-0.2, 0) is 23.0 Å². The van der Waals surface area contributed by atoms with Crippen LogP contribution in [0.5, 0.6) is 0 Å². The Morgan fingerprint density at radius 2 is 1.95 bits per heavy atom. The molecule has 0 amide bonds. The summed E-state index contributed by atoms with van der Waals surface area (Å²) in [4.78, 5) is 0.373. The standard InChI is InChI=1S/C15H26N2O2S/c1-4-7-14(6-3)17-20(18,19)15-10-12(11-16)8-9-13(15)5-2/h8-10,14,17H,4-7,11,16H2,1-3H3. The van der Waals surface area contributed by atoms with Gasteiger partial charge in [-0.05, 0) is 36.5 Å². The molecule has 0 radical (unpaired) electrons. The van der Waals surface area contributed by atoms with Crippen molar-refractivity contribution in [1.29, 1.82) is 0 Å². The zero-order valence-corrected chi connectivity index (χ0v) is 13.5. The molecule has 0 saturated carbocycles. The average molecular weight is 298 g/mol. The molecule has 1 aromatic rings. The Morgan fingerprint density at radius 3 is 2.45 bits per heavy atom. The molecule has 1 atom stereocenters. The van der Waals surface area contributed by atoms with Gasteiger partial charge in [0.15, 0.2) is 0 Å². The van der Waals surface area contributed by atoms with Crippen molar-refractivity contribution in [3.05, 3.63) is 29.3 Å². The van der Waals surface area contributed by atoms with E-state index < -0.39 is 10.0 Å². The predicted octanol–water partition coefficient (Wildman–Crippen LogP) is 2.56. The van der Waals surface area contributed by atoms with Gasteiger partial charge in [0, 0.05) is 12.6 Å². The van der Waals surface area contributed by atoms with Gasteiger partial charge in [0.25, 0.3) is 0 Å². The summed E-state index contributed by atoms with van der Waals surface area (Å²) in [6.45, 7) is 6.36. The summed E-state index contributed by atoms with van der Waals surface area (Å²) in [5.74, 6) is 0. The molecule has 1 aromatic carbocycles. The van der Waals surface area contributed by atoms with Crippen molar-refractivity contribution in [3.63, 3.8) is 0 Å². The van der Waals surface area contributed by atoms with Gasteiger partial charge in [-0.1, -0.05) is 39.3 Å². The van der Waals surface area contributed by atoms with Crippen molar-refractivity contribution in [2.75, 3.05) is 0 Å². The second-order valence-corrected chi connectivity index (χ2v) is 6.70. The molecule has 0 aliphatic carbocycles. The first kappa shape index (κ1) is 17.1. The van der Waals surface area contributed by atoms with E-state index in [9.17, 15) is 8.42 Å². The molecular formula is C15H26N2O2S. The van der Waals surface area contributed by atoms with Gasteiger partial charge in [0.1, 0.15) is 0 Å². The second-order valence-electron chi connectivity index (χ2n) is 5.01. The quantitative estimate of drug-likeness (QED) is 0.774. The molecular weight excluding hydrogens is 272 g/mol. The second kappa shape index (κ2) is 7.76. The molecule has 0 aliphatic heterocycles. The molecule has 0 aliphatic rings. The van der Waals surface area contributed by atoms with E-state index in [-0.39, 0.29) is 6.04 Å². The first-order valence-electron chi connectivity index (χ1n) is 7.32. The molecule has 3 N–H and O–H groups in total. The fourth-order valence-electron chi connectivity index (χ4n) is 2.25. The lowest BCUT2D eigenvalue weighted by molar-refractivity contribution is 0.512. The SMILES string of the molecule is CCCC(CC)NS(=O)(=O)c1cc(CN)ccc1CC. The third-order valence-electron chi connectivity index (χ3n) is 3.49. The molecule has 0 spiro atoms. The lowest BCUT2D eigenvalue weighted by atomic mass is 10.1. The highest BCUT2D eigenvalue weighted by Gasteiger charge is 2.21. The normalized spacial score (nSPS) is 13.4. The summed E-state index contributed by atoms with van der Waals surface area (Å²) in [7, 11) is -3.47. The number of benzene rings is 1. The Bertz CT molecular complexity index is 527. The number of hydrogen-bond acceptors (Lipinski definition) is 3. The molecule has 0 saturated heterocycles. The Labute approximate surface area is 122 Å². The fourth-order valence-corrected chi connectivity index (χ4v) is 3.96. The van der Waals surface area contributed by atoms with Crippen LogP contribution in [0.25, 0.3) is 0 Å². The van der Waals surface area contributed by atoms with Crippen LogP contribution in [0.3, 0.4) is 0 Å². The highest BCUT2D eigenvalue weighted by Crippen LogP contribution is 2.19. The molecule has 0 fully saturated rings. The third kappa shape index (κ3) is 4.30. The number of sulfonamides is 1. The first-order chi connectivity index (χ1) is 9.48. The van der Waals surface area contributed by atoms with Gasteiger partial charge in [-0.2, -0.15) is 0 Å². The summed E-state index contributed by atoms with van der Waals surface area (Å²) in [5.41, 5.74) is 7.29. The van der Waals surface area contributed by atoms with Crippen LogP contribution in [0.1, 0.15) is 51.2 Å². The largest absolute Gasteiger partial charge is 0.326 e. The Hall–Kier alpha value is -0.910. The van der Waals surface area contributed by atoms with E-state index >= 15 is 0 Å².